The van der Waals surface area contributed by atoms with Crippen LogP contribution in [-0.4, -0.2) is 34.9 Å². The van der Waals surface area contributed by atoms with Crippen LogP contribution in [0.3, 0.4) is 0 Å². The Hall–Kier alpha value is -2.25. The van der Waals surface area contributed by atoms with Crippen LogP contribution in [0.1, 0.15) is 18.1 Å². The Labute approximate surface area is 153 Å². The zero-order valence-corrected chi connectivity index (χ0v) is 14.5. The molecule has 0 saturated heterocycles. The molecule has 2 unspecified atom stereocenters. The van der Waals surface area contributed by atoms with Gasteiger partial charge in [0, 0.05) is 16.3 Å². The second-order valence-corrected chi connectivity index (χ2v) is 6.57. The largest absolute Gasteiger partial charge is 0.406 e. The van der Waals surface area contributed by atoms with Crippen LogP contribution in [0, 0.1) is 0 Å². The van der Waals surface area contributed by atoms with Gasteiger partial charge in [0.2, 0.25) is 0 Å². The second kappa shape index (κ2) is 6.48. The van der Waals surface area contributed by atoms with Crippen LogP contribution in [-0.2, 0) is 5.54 Å². The first kappa shape index (κ1) is 18.5. The normalized spacial score (nSPS) is 21.2. The Morgan fingerprint density at radius 1 is 1.23 bits per heavy atom. The molecule has 0 bridgehead atoms. The standard InChI is InChI=1S/C18H16ClF3N2O2/c1-11(25)18(12-5-3-2-4-6-12)14-9-13(19)7-8-15(14)23-16(26)24(18)10-17(20,21)22/h2-9,11,25H,10H2,1H3,(H,23,26). The number of urea groups is 1. The highest BCUT2D eigenvalue weighted by atomic mass is 35.5. The lowest BCUT2D eigenvalue weighted by Gasteiger charge is -2.50. The number of aliphatic hydroxyl groups excluding tert-OH is 1. The minimum atomic E-state index is -4.65. The zero-order valence-electron chi connectivity index (χ0n) is 13.7. The predicted molar refractivity (Wildman–Crippen MR) is 92.1 cm³/mol. The maximum atomic E-state index is 13.3. The minimum absolute atomic E-state index is 0.285. The topological polar surface area (TPSA) is 52.6 Å². The summed E-state index contributed by atoms with van der Waals surface area (Å²) < 4.78 is 39.8. The summed E-state index contributed by atoms with van der Waals surface area (Å²) in [5.41, 5.74) is -0.769. The van der Waals surface area contributed by atoms with E-state index in [2.05, 4.69) is 5.32 Å². The summed E-state index contributed by atoms with van der Waals surface area (Å²) in [6.45, 7) is -0.162. The number of anilines is 1. The van der Waals surface area contributed by atoms with Crippen LogP contribution in [0.2, 0.25) is 5.02 Å². The van der Waals surface area contributed by atoms with Crippen LogP contribution in [0.4, 0.5) is 23.7 Å². The maximum Gasteiger partial charge on any atom is 0.406 e. The number of carbonyl (C=O) groups excluding carboxylic acids is 1. The summed E-state index contributed by atoms with van der Waals surface area (Å²) >= 11 is 6.08. The molecule has 0 aromatic heterocycles. The molecule has 0 radical (unpaired) electrons. The number of aliphatic hydroxyl groups is 1. The van der Waals surface area contributed by atoms with Crippen molar-refractivity contribution < 1.29 is 23.1 Å². The van der Waals surface area contributed by atoms with E-state index in [1.165, 1.54) is 25.1 Å². The Bertz CT molecular complexity index is 827. The molecule has 1 aliphatic rings. The molecule has 4 nitrogen and oxygen atoms in total. The van der Waals surface area contributed by atoms with E-state index in [0.29, 0.717) is 21.7 Å². The van der Waals surface area contributed by atoms with Crippen molar-refractivity contribution in [2.75, 3.05) is 11.9 Å². The number of halogens is 4. The van der Waals surface area contributed by atoms with Crippen LogP contribution in [0.15, 0.2) is 48.5 Å². The second-order valence-electron chi connectivity index (χ2n) is 6.13. The number of rotatable bonds is 3. The fourth-order valence-electron chi connectivity index (χ4n) is 3.50. The van der Waals surface area contributed by atoms with Gasteiger partial charge in [-0.3, -0.25) is 4.90 Å². The zero-order chi connectivity index (χ0) is 19.1. The van der Waals surface area contributed by atoms with Crippen LogP contribution < -0.4 is 5.32 Å². The highest BCUT2D eigenvalue weighted by molar-refractivity contribution is 6.30. The Morgan fingerprint density at radius 3 is 2.46 bits per heavy atom. The van der Waals surface area contributed by atoms with Gasteiger partial charge in [-0.15, -0.1) is 0 Å². The smallest absolute Gasteiger partial charge is 0.390 e. The molecule has 138 valence electrons. The molecule has 1 heterocycles. The van der Waals surface area contributed by atoms with Gasteiger partial charge in [-0.25, -0.2) is 4.79 Å². The molecule has 0 spiro atoms. The summed E-state index contributed by atoms with van der Waals surface area (Å²) in [5, 5.41) is 13.4. The average molecular weight is 385 g/mol. The average Bonchev–Trinajstić information content (AvgIpc) is 2.55. The van der Waals surface area contributed by atoms with Crippen LogP contribution in [0.25, 0.3) is 0 Å². The first-order valence-electron chi connectivity index (χ1n) is 7.85. The molecule has 2 aromatic carbocycles. The molecule has 2 amide bonds. The van der Waals surface area contributed by atoms with E-state index in [9.17, 15) is 23.1 Å². The van der Waals surface area contributed by atoms with E-state index in [1.807, 2.05) is 0 Å². The molecule has 0 saturated carbocycles. The van der Waals surface area contributed by atoms with Gasteiger partial charge >= 0.3 is 12.2 Å². The predicted octanol–water partition coefficient (Wildman–Crippen LogP) is 4.37. The lowest BCUT2D eigenvalue weighted by Crippen LogP contribution is -2.62. The number of hydrogen-bond acceptors (Lipinski definition) is 2. The Morgan fingerprint density at radius 2 is 1.88 bits per heavy atom. The van der Waals surface area contributed by atoms with Crippen LogP contribution in [0.5, 0.6) is 0 Å². The summed E-state index contributed by atoms with van der Waals surface area (Å²) in [7, 11) is 0. The van der Waals surface area contributed by atoms with E-state index >= 15 is 0 Å². The molecule has 2 atom stereocenters. The van der Waals surface area contributed by atoms with Crippen molar-refractivity contribution in [2.45, 2.75) is 24.7 Å². The molecule has 2 aromatic rings. The lowest BCUT2D eigenvalue weighted by molar-refractivity contribution is -0.154. The molecule has 1 aliphatic heterocycles. The molecule has 8 heteroatoms. The third kappa shape index (κ3) is 3.01. The Balaban J connectivity index is 2.36. The van der Waals surface area contributed by atoms with E-state index in [0.717, 1.165) is 0 Å². The molecular weight excluding hydrogens is 369 g/mol. The number of nitrogens with one attached hydrogen (secondary N) is 1. The Kier molecular flexibility index (Phi) is 4.62. The number of benzene rings is 2. The number of fused-ring (bicyclic) bond motifs is 1. The number of carbonyl (C=O) groups is 1. The molecule has 2 N–H and O–H groups in total. The fourth-order valence-corrected chi connectivity index (χ4v) is 3.67. The van der Waals surface area contributed by atoms with Gasteiger partial charge < -0.3 is 10.4 Å². The summed E-state index contributed by atoms with van der Waals surface area (Å²) in [4.78, 5) is 13.2. The number of hydrogen-bond donors (Lipinski definition) is 2. The van der Waals surface area contributed by atoms with E-state index in [1.54, 1.807) is 30.3 Å². The molecule has 0 aliphatic carbocycles. The third-order valence-electron chi connectivity index (χ3n) is 4.46. The first-order chi connectivity index (χ1) is 12.2. The number of amides is 2. The fraction of sp³-hybridized carbons (Fsp3) is 0.278. The van der Waals surface area contributed by atoms with Gasteiger partial charge in [0.25, 0.3) is 0 Å². The summed E-state index contributed by atoms with van der Waals surface area (Å²) in [6, 6.07) is 11.7. The quantitative estimate of drug-likeness (QED) is 0.825. The van der Waals surface area contributed by atoms with Crippen molar-refractivity contribution in [1.29, 1.82) is 0 Å². The van der Waals surface area contributed by atoms with Crippen molar-refractivity contribution in [3.05, 3.63) is 64.7 Å². The molecule has 0 fully saturated rings. The summed E-state index contributed by atoms with van der Waals surface area (Å²) in [5.74, 6) is 0. The van der Waals surface area contributed by atoms with Crippen molar-refractivity contribution >= 4 is 23.3 Å². The third-order valence-corrected chi connectivity index (χ3v) is 4.70. The van der Waals surface area contributed by atoms with Crippen molar-refractivity contribution in [2.24, 2.45) is 0 Å². The lowest BCUT2D eigenvalue weighted by atomic mass is 9.75. The van der Waals surface area contributed by atoms with Gasteiger partial charge in [-0.2, -0.15) is 13.2 Å². The van der Waals surface area contributed by atoms with E-state index < -0.39 is 30.4 Å². The SMILES string of the molecule is CC(O)C1(c2ccccc2)c2cc(Cl)ccc2NC(=O)N1CC(F)(F)F. The number of nitrogens with zero attached hydrogens (tertiary/aromatic N) is 1. The van der Waals surface area contributed by atoms with Crippen molar-refractivity contribution in [1.82, 2.24) is 4.90 Å². The molecule has 26 heavy (non-hydrogen) atoms. The van der Waals surface area contributed by atoms with Gasteiger partial charge in [0.15, 0.2) is 0 Å². The maximum absolute atomic E-state index is 13.3. The van der Waals surface area contributed by atoms with Crippen molar-refractivity contribution in [3.63, 3.8) is 0 Å². The summed E-state index contributed by atoms with van der Waals surface area (Å²) in [6.07, 6.45) is -5.99. The highest BCUT2D eigenvalue weighted by Crippen LogP contribution is 2.47. The number of alkyl halides is 3. The minimum Gasteiger partial charge on any atom is -0.390 e. The van der Waals surface area contributed by atoms with Gasteiger partial charge in [-0.05, 0) is 30.7 Å². The van der Waals surface area contributed by atoms with E-state index in [4.69, 9.17) is 11.6 Å². The highest BCUT2D eigenvalue weighted by Gasteiger charge is 2.54. The monoisotopic (exact) mass is 384 g/mol. The van der Waals surface area contributed by atoms with Gasteiger partial charge in [0.1, 0.15) is 12.1 Å². The molecular formula is C18H16ClF3N2O2. The first-order valence-corrected chi connectivity index (χ1v) is 8.23. The van der Waals surface area contributed by atoms with Gasteiger partial charge in [0.05, 0.1) is 6.10 Å². The van der Waals surface area contributed by atoms with Gasteiger partial charge in [-0.1, -0.05) is 41.9 Å². The van der Waals surface area contributed by atoms with Crippen LogP contribution >= 0.6 is 11.6 Å². The van der Waals surface area contributed by atoms with E-state index in [-0.39, 0.29) is 5.02 Å². The molecule has 3 rings (SSSR count). The van der Waals surface area contributed by atoms with Crippen molar-refractivity contribution in [3.8, 4) is 0 Å².